The number of nitrogens with one attached hydrogen (secondary N) is 1. The molecule has 2 aliphatic heterocycles. The molecule has 31 heavy (non-hydrogen) atoms. The Bertz CT molecular complexity index is 877. The first kappa shape index (κ1) is 21.5. The van der Waals surface area contributed by atoms with Crippen LogP contribution in [0.25, 0.3) is 11.1 Å². The van der Waals surface area contributed by atoms with Gasteiger partial charge >= 0.3 is 0 Å². The average Bonchev–Trinajstić information content (AvgIpc) is 2.82. The lowest BCUT2D eigenvalue weighted by atomic mass is 10.0. The van der Waals surface area contributed by atoms with Gasteiger partial charge in [0.15, 0.2) is 0 Å². The Balaban J connectivity index is 1.39. The van der Waals surface area contributed by atoms with Gasteiger partial charge in [0.1, 0.15) is 0 Å². The van der Waals surface area contributed by atoms with Crippen LogP contribution in [0.15, 0.2) is 54.6 Å². The predicted octanol–water partition coefficient (Wildman–Crippen LogP) is 2.68. The second-order valence-corrected chi connectivity index (χ2v) is 8.36. The van der Waals surface area contributed by atoms with E-state index in [-0.39, 0.29) is 24.3 Å². The van der Waals surface area contributed by atoms with Crippen molar-refractivity contribution in [3.8, 4) is 11.1 Å². The molecule has 2 fully saturated rings. The molecule has 0 unspecified atom stereocenters. The lowest BCUT2D eigenvalue weighted by Crippen LogP contribution is -2.56. The van der Waals surface area contributed by atoms with Crippen molar-refractivity contribution in [1.29, 1.82) is 0 Å². The normalized spacial score (nSPS) is 20.5. The van der Waals surface area contributed by atoms with E-state index in [4.69, 9.17) is 4.74 Å². The molecule has 2 saturated heterocycles. The molecule has 0 saturated carbocycles. The van der Waals surface area contributed by atoms with Crippen molar-refractivity contribution in [2.24, 2.45) is 0 Å². The van der Waals surface area contributed by atoms with Gasteiger partial charge in [0, 0.05) is 39.8 Å². The van der Waals surface area contributed by atoms with Crippen molar-refractivity contribution >= 4 is 11.8 Å². The molecule has 0 bridgehead atoms. The Hall–Kier alpha value is -2.70. The summed E-state index contributed by atoms with van der Waals surface area (Å²) in [4.78, 5) is 29.5. The van der Waals surface area contributed by atoms with Crippen LogP contribution in [-0.4, -0.2) is 67.0 Å². The van der Waals surface area contributed by atoms with Crippen LogP contribution in [-0.2, 0) is 20.9 Å². The fraction of sp³-hybridized carbons (Fsp3) is 0.440. The molecule has 2 aliphatic rings. The molecule has 164 valence electrons. The van der Waals surface area contributed by atoms with Crippen molar-refractivity contribution in [2.45, 2.75) is 38.0 Å². The summed E-state index contributed by atoms with van der Waals surface area (Å²) in [5.74, 6) is 0.00770. The van der Waals surface area contributed by atoms with E-state index in [1.807, 2.05) is 23.1 Å². The zero-order valence-corrected chi connectivity index (χ0v) is 18.1. The topological polar surface area (TPSA) is 61.9 Å². The van der Waals surface area contributed by atoms with Gasteiger partial charge in [0.2, 0.25) is 11.8 Å². The minimum Gasteiger partial charge on any atom is -0.381 e. The van der Waals surface area contributed by atoms with Gasteiger partial charge in [-0.3, -0.25) is 14.5 Å². The van der Waals surface area contributed by atoms with Crippen LogP contribution in [0.3, 0.4) is 0 Å². The maximum absolute atomic E-state index is 12.9. The van der Waals surface area contributed by atoms with E-state index in [9.17, 15) is 9.59 Å². The number of likely N-dealkylation sites (tertiary alicyclic amines) is 1. The molecule has 4 rings (SSSR count). The molecule has 1 N–H and O–H groups in total. The maximum Gasteiger partial charge on any atom is 0.237 e. The van der Waals surface area contributed by atoms with Gasteiger partial charge in [0.05, 0.1) is 18.6 Å². The summed E-state index contributed by atoms with van der Waals surface area (Å²) in [6.45, 7) is 3.42. The number of hydrogen-bond donors (Lipinski definition) is 1. The number of rotatable bonds is 6. The minimum absolute atomic E-state index is 0.0488. The molecular formula is C25H31N3O3. The van der Waals surface area contributed by atoms with Crippen molar-refractivity contribution in [2.75, 3.05) is 33.3 Å². The van der Waals surface area contributed by atoms with Crippen LogP contribution in [0.2, 0.25) is 0 Å². The molecule has 6 nitrogen and oxygen atoms in total. The van der Waals surface area contributed by atoms with Gasteiger partial charge in [-0.2, -0.15) is 0 Å². The third kappa shape index (κ3) is 5.32. The molecule has 2 aromatic carbocycles. The first-order valence-electron chi connectivity index (χ1n) is 11.1. The zero-order chi connectivity index (χ0) is 21.6. The summed E-state index contributed by atoms with van der Waals surface area (Å²) in [5.41, 5.74) is 3.51. The standard InChI is InChI=1S/C25H31N3O3/c1-31-22-11-14-27(15-12-22)24(29)17-23-25(30)26-13-16-28(23)18-19-7-9-21(10-8-19)20-5-3-2-4-6-20/h2-10,22-23H,11-18H2,1H3,(H,26,30)/t23-/m0/s1. The average molecular weight is 422 g/mol. The van der Waals surface area contributed by atoms with Gasteiger partial charge in [-0.25, -0.2) is 0 Å². The third-order valence-corrected chi connectivity index (χ3v) is 6.38. The lowest BCUT2D eigenvalue weighted by molar-refractivity contribution is -0.140. The van der Waals surface area contributed by atoms with Crippen LogP contribution in [0.5, 0.6) is 0 Å². The van der Waals surface area contributed by atoms with Gasteiger partial charge in [-0.15, -0.1) is 0 Å². The predicted molar refractivity (Wildman–Crippen MR) is 120 cm³/mol. The first-order chi connectivity index (χ1) is 15.1. The number of benzene rings is 2. The maximum atomic E-state index is 12.9. The quantitative estimate of drug-likeness (QED) is 0.779. The molecule has 1 atom stereocenters. The van der Waals surface area contributed by atoms with Crippen LogP contribution in [0.4, 0.5) is 0 Å². The summed E-state index contributed by atoms with van der Waals surface area (Å²) in [6.07, 6.45) is 2.18. The summed E-state index contributed by atoms with van der Waals surface area (Å²) in [6, 6.07) is 18.3. The number of carbonyl (C=O) groups is 2. The Morgan fingerprint density at radius 2 is 1.68 bits per heavy atom. The smallest absolute Gasteiger partial charge is 0.237 e. The number of piperazine rings is 1. The summed E-state index contributed by atoms with van der Waals surface area (Å²) < 4.78 is 5.40. The van der Waals surface area contributed by atoms with E-state index >= 15 is 0 Å². The van der Waals surface area contributed by atoms with Crippen LogP contribution >= 0.6 is 0 Å². The number of amides is 2. The van der Waals surface area contributed by atoms with Gasteiger partial charge in [-0.1, -0.05) is 54.6 Å². The monoisotopic (exact) mass is 421 g/mol. The number of piperidine rings is 1. The highest BCUT2D eigenvalue weighted by molar-refractivity contribution is 5.88. The second-order valence-electron chi connectivity index (χ2n) is 8.36. The fourth-order valence-corrected chi connectivity index (χ4v) is 4.48. The van der Waals surface area contributed by atoms with E-state index < -0.39 is 6.04 Å². The number of ether oxygens (including phenoxy) is 1. The molecule has 2 aromatic rings. The van der Waals surface area contributed by atoms with Crippen molar-refractivity contribution < 1.29 is 14.3 Å². The summed E-state index contributed by atoms with van der Waals surface area (Å²) in [7, 11) is 1.72. The molecular weight excluding hydrogens is 390 g/mol. The second kappa shape index (κ2) is 10.1. The molecule has 0 aliphatic carbocycles. The third-order valence-electron chi connectivity index (χ3n) is 6.38. The lowest BCUT2D eigenvalue weighted by Gasteiger charge is -2.37. The zero-order valence-electron chi connectivity index (χ0n) is 18.1. The molecule has 0 spiro atoms. The highest BCUT2D eigenvalue weighted by Gasteiger charge is 2.33. The van der Waals surface area contributed by atoms with Crippen LogP contribution in [0.1, 0.15) is 24.8 Å². The highest BCUT2D eigenvalue weighted by atomic mass is 16.5. The molecule has 0 radical (unpaired) electrons. The summed E-state index contributed by atoms with van der Waals surface area (Å²) >= 11 is 0. The van der Waals surface area contributed by atoms with Crippen molar-refractivity contribution in [3.63, 3.8) is 0 Å². The summed E-state index contributed by atoms with van der Waals surface area (Å²) in [5, 5.41) is 2.93. The van der Waals surface area contributed by atoms with Gasteiger partial charge in [0.25, 0.3) is 0 Å². The van der Waals surface area contributed by atoms with Gasteiger partial charge < -0.3 is 15.0 Å². The van der Waals surface area contributed by atoms with Gasteiger partial charge in [-0.05, 0) is 29.5 Å². The molecule has 6 heteroatoms. The highest BCUT2D eigenvalue weighted by Crippen LogP contribution is 2.22. The minimum atomic E-state index is -0.421. The van der Waals surface area contributed by atoms with E-state index in [0.29, 0.717) is 26.2 Å². The van der Waals surface area contributed by atoms with Crippen LogP contribution < -0.4 is 5.32 Å². The number of methoxy groups -OCH3 is 1. The van der Waals surface area contributed by atoms with Crippen molar-refractivity contribution in [1.82, 2.24) is 15.1 Å². The Morgan fingerprint density at radius 3 is 2.35 bits per heavy atom. The Kier molecular flexibility index (Phi) is 6.99. The Morgan fingerprint density at radius 1 is 1.00 bits per heavy atom. The number of nitrogens with zero attached hydrogens (tertiary/aromatic N) is 2. The number of hydrogen-bond acceptors (Lipinski definition) is 4. The Labute approximate surface area is 184 Å². The fourth-order valence-electron chi connectivity index (χ4n) is 4.48. The van der Waals surface area contributed by atoms with E-state index in [1.165, 1.54) is 11.1 Å². The van der Waals surface area contributed by atoms with E-state index in [1.54, 1.807) is 7.11 Å². The number of carbonyl (C=O) groups excluding carboxylic acids is 2. The first-order valence-corrected chi connectivity index (χ1v) is 11.1. The van der Waals surface area contributed by atoms with E-state index in [2.05, 4.69) is 46.6 Å². The van der Waals surface area contributed by atoms with Crippen LogP contribution in [0, 0.1) is 0 Å². The molecule has 0 aromatic heterocycles. The van der Waals surface area contributed by atoms with Crippen molar-refractivity contribution in [3.05, 3.63) is 60.2 Å². The molecule has 2 amide bonds. The largest absolute Gasteiger partial charge is 0.381 e. The molecule has 2 heterocycles. The van der Waals surface area contributed by atoms with E-state index in [0.717, 1.165) is 24.9 Å². The SMILES string of the molecule is COC1CCN(C(=O)C[C@H]2C(=O)NCCN2Cc2ccc(-c3ccccc3)cc2)CC1.